The summed E-state index contributed by atoms with van der Waals surface area (Å²) in [4.78, 5) is 19.0. The van der Waals surface area contributed by atoms with Crippen LogP contribution in [0.25, 0.3) is 0 Å². The molecule has 0 saturated carbocycles. The first-order chi connectivity index (χ1) is 10.7. The number of rotatable bonds is 4. The smallest absolute Gasteiger partial charge is 0.120 e. The van der Waals surface area contributed by atoms with E-state index in [1.165, 1.54) is 4.90 Å². The molecule has 1 fully saturated rings. The molecule has 0 spiro atoms. The zero-order valence-corrected chi connectivity index (χ0v) is 12.4. The van der Waals surface area contributed by atoms with E-state index in [0.717, 1.165) is 44.1 Å². The lowest BCUT2D eigenvalue weighted by molar-refractivity contribution is -0.914. The Morgan fingerprint density at radius 2 is 1.86 bits per heavy atom. The molecule has 114 valence electrons. The van der Waals surface area contributed by atoms with Gasteiger partial charge < -0.3 is 19.7 Å². The van der Waals surface area contributed by atoms with Crippen LogP contribution in [-0.4, -0.2) is 37.1 Å². The number of nitrogens with zero attached hydrogens (tertiary/aromatic N) is 2. The van der Waals surface area contributed by atoms with Gasteiger partial charge in [0.2, 0.25) is 0 Å². The van der Waals surface area contributed by atoms with Crippen molar-refractivity contribution in [2.24, 2.45) is 0 Å². The molecule has 1 aromatic heterocycles. The van der Waals surface area contributed by atoms with Crippen molar-refractivity contribution in [3.05, 3.63) is 59.9 Å². The van der Waals surface area contributed by atoms with Gasteiger partial charge >= 0.3 is 0 Å². The first kappa shape index (κ1) is 14.5. The molecule has 1 aromatic carbocycles. The number of pyridine rings is 1. The number of carbonyl (C=O) groups is 1. The molecule has 1 aliphatic rings. The molecular weight excluding hydrogens is 278 g/mol. The monoisotopic (exact) mass is 297 g/mol. The van der Waals surface area contributed by atoms with Crippen molar-refractivity contribution in [3.63, 3.8) is 0 Å². The van der Waals surface area contributed by atoms with Crippen molar-refractivity contribution in [2.45, 2.75) is 6.54 Å². The number of nitrogens with one attached hydrogen (secondary N) is 1. The molecule has 2 aromatic rings. The Morgan fingerprint density at radius 3 is 2.45 bits per heavy atom. The summed E-state index contributed by atoms with van der Waals surface area (Å²) >= 11 is 0. The van der Waals surface area contributed by atoms with Gasteiger partial charge in [0.05, 0.1) is 37.8 Å². The Bertz CT molecular complexity index is 620. The minimum atomic E-state index is -1.13. The fraction of sp³-hybridized carbons (Fsp3) is 0.294. The first-order valence-electron chi connectivity index (χ1n) is 7.52. The second-order valence-corrected chi connectivity index (χ2v) is 5.57. The lowest BCUT2D eigenvalue weighted by Gasteiger charge is -2.33. The SMILES string of the molecule is O=C([O-])c1ccc(N2CC[NH+](Cc3ccccn3)CC2)cc1. The van der Waals surface area contributed by atoms with E-state index < -0.39 is 5.97 Å². The third-order valence-electron chi connectivity index (χ3n) is 4.10. The number of hydrogen-bond donors (Lipinski definition) is 1. The topological polar surface area (TPSA) is 60.7 Å². The maximum absolute atomic E-state index is 10.8. The van der Waals surface area contributed by atoms with Gasteiger partial charge in [0, 0.05) is 11.9 Å². The maximum Gasteiger partial charge on any atom is 0.120 e. The molecule has 5 nitrogen and oxygen atoms in total. The van der Waals surface area contributed by atoms with Crippen LogP contribution in [0.15, 0.2) is 48.7 Å². The van der Waals surface area contributed by atoms with Gasteiger partial charge in [0.25, 0.3) is 0 Å². The summed E-state index contributed by atoms with van der Waals surface area (Å²) in [6.45, 7) is 5.00. The largest absolute Gasteiger partial charge is 0.545 e. The molecule has 1 aliphatic heterocycles. The van der Waals surface area contributed by atoms with Gasteiger partial charge in [0.15, 0.2) is 0 Å². The normalized spacial score (nSPS) is 15.7. The molecule has 0 amide bonds. The van der Waals surface area contributed by atoms with Crippen LogP contribution in [0.3, 0.4) is 0 Å². The molecule has 0 bridgehead atoms. The third-order valence-corrected chi connectivity index (χ3v) is 4.10. The number of anilines is 1. The number of benzene rings is 1. The standard InChI is InChI=1S/C17H19N3O2/c21-17(22)14-4-6-16(7-5-14)20-11-9-19(10-12-20)13-15-3-1-2-8-18-15/h1-8H,9-13H2,(H,21,22). The van der Waals surface area contributed by atoms with Crippen LogP contribution >= 0.6 is 0 Å². The van der Waals surface area contributed by atoms with Crippen LogP contribution in [-0.2, 0) is 6.54 Å². The van der Waals surface area contributed by atoms with Crippen LogP contribution in [0.5, 0.6) is 0 Å². The van der Waals surface area contributed by atoms with E-state index in [9.17, 15) is 9.90 Å². The van der Waals surface area contributed by atoms with Crippen molar-refractivity contribution in [3.8, 4) is 0 Å². The van der Waals surface area contributed by atoms with Crippen LogP contribution < -0.4 is 14.9 Å². The highest BCUT2D eigenvalue weighted by Gasteiger charge is 2.20. The Morgan fingerprint density at radius 1 is 1.14 bits per heavy atom. The van der Waals surface area contributed by atoms with Gasteiger partial charge in [-0.1, -0.05) is 18.2 Å². The quantitative estimate of drug-likeness (QED) is 0.815. The number of aromatic carboxylic acids is 1. The average Bonchev–Trinajstić information content (AvgIpc) is 2.57. The number of piperazine rings is 1. The van der Waals surface area contributed by atoms with E-state index in [1.54, 1.807) is 12.1 Å². The number of carboxylic acid groups (broad SMARTS) is 1. The highest BCUT2D eigenvalue weighted by molar-refractivity contribution is 5.86. The van der Waals surface area contributed by atoms with E-state index >= 15 is 0 Å². The summed E-state index contributed by atoms with van der Waals surface area (Å²) in [7, 11) is 0. The minimum Gasteiger partial charge on any atom is -0.545 e. The number of carboxylic acids is 1. The van der Waals surface area contributed by atoms with Gasteiger partial charge in [-0.2, -0.15) is 0 Å². The molecule has 22 heavy (non-hydrogen) atoms. The zero-order valence-electron chi connectivity index (χ0n) is 12.4. The van der Waals surface area contributed by atoms with Crippen LogP contribution in [0.4, 0.5) is 5.69 Å². The van der Waals surface area contributed by atoms with E-state index in [2.05, 4.69) is 16.0 Å². The molecule has 1 saturated heterocycles. The summed E-state index contributed by atoms with van der Waals surface area (Å²) in [6.07, 6.45) is 1.84. The van der Waals surface area contributed by atoms with Crippen LogP contribution in [0.1, 0.15) is 16.1 Å². The van der Waals surface area contributed by atoms with Gasteiger partial charge in [-0.15, -0.1) is 0 Å². The fourth-order valence-corrected chi connectivity index (χ4v) is 2.83. The third kappa shape index (κ3) is 3.43. The number of hydrogen-bond acceptors (Lipinski definition) is 4. The maximum atomic E-state index is 10.8. The Kier molecular flexibility index (Phi) is 4.34. The van der Waals surface area contributed by atoms with Crippen molar-refractivity contribution in [1.29, 1.82) is 0 Å². The van der Waals surface area contributed by atoms with E-state index in [4.69, 9.17) is 0 Å². The average molecular weight is 297 g/mol. The molecular formula is C17H19N3O2. The summed E-state index contributed by atoms with van der Waals surface area (Å²) in [5.41, 5.74) is 2.43. The second kappa shape index (κ2) is 6.58. The predicted molar refractivity (Wildman–Crippen MR) is 81.6 cm³/mol. The van der Waals surface area contributed by atoms with Crippen molar-refractivity contribution >= 4 is 11.7 Å². The number of aromatic nitrogens is 1. The number of quaternary nitrogens is 1. The molecule has 0 atom stereocenters. The number of carbonyl (C=O) groups excluding carboxylic acids is 1. The van der Waals surface area contributed by atoms with E-state index in [-0.39, 0.29) is 5.56 Å². The lowest BCUT2D eigenvalue weighted by atomic mass is 10.2. The molecule has 5 heteroatoms. The Balaban J connectivity index is 1.56. The van der Waals surface area contributed by atoms with Gasteiger partial charge in [-0.25, -0.2) is 0 Å². The fourth-order valence-electron chi connectivity index (χ4n) is 2.83. The minimum absolute atomic E-state index is 0.225. The van der Waals surface area contributed by atoms with Crippen molar-refractivity contribution in [1.82, 2.24) is 4.98 Å². The highest BCUT2D eigenvalue weighted by atomic mass is 16.4. The Hall–Kier alpha value is -2.40. The Labute approximate surface area is 129 Å². The molecule has 3 rings (SSSR count). The zero-order chi connectivity index (χ0) is 15.4. The van der Waals surface area contributed by atoms with Crippen molar-refractivity contribution in [2.75, 3.05) is 31.1 Å². The van der Waals surface area contributed by atoms with Crippen molar-refractivity contribution < 1.29 is 14.8 Å². The van der Waals surface area contributed by atoms with Gasteiger partial charge in [-0.05, 0) is 29.8 Å². The summed E-state index contributed by atoms with van der Waals surface area (Å²) in [6, 6.07) is 13.0. The molecule has 0 aliphatic carbocycles. The summed E-state index contributed by atoms with van der Waals surface area (Å²) in [5, 5.41) is 10.8. The van der Waals surface area contributed by atoms with E-state index in [1.807, 2.05) is 30.5 Å². The molecule has 2 heterocycles. The van der Waals surface area contributed by atoms with Gasteiger partial charge in [-0.3, -0.25) is 4.98 Å². The summed E-state index contributed by atoms with van der Waals surface area (Å²) in [5.74, 6) is -1.13. The summed E-state index contributed by atoms with van der Waals surface area (Å²) < 4.78 is 0. The first-order valence-corrected chi connectivity index (χ1v) is 7.52. The van der Waals surface area contributed by atoms with Crippen LogP contribution in [0.2, 0.25) is 0 Å². The second-order valence-electron chi connectivity index (χ2n) is 5.57. The molecule has 1 N–H and O–H groups in total. The van der Waals surface area contributed by atoms with E-state index in [0.29, 0.717) is 0 Å². The highest BCUT2D eigenvalue weighted by Crippen LogP contribution is 2.15. The van der Waals surface area contributed by atoms with Gasteiger partial charge in [0.1, 0.15) is 6.54 Å². The molecule has 0 radical (unpaired) electrons. The lowest BCUT2D eigenvalue weighted by Crippen LogP contribution is -3.13. The molecule has 0 unspecified atom stereocenters. The predicted octanol–water partition coefficient (Wildman–Crippen LogP) is -0.650. The van der Waals surface area contributed by atoms with Crippen LogP contribution in [0, 0.1) is 0 Å².